The molecule has 0 atom stereocenters. The summed E-state index contributed by atoms with van der Waals surface area (Å²) in [5.41, 5.74) is 0.350. The predicted molar refractivity (Wildman–Crippen MR) is 102 cm³/mol. The van der Waals surface area contributed by atoms with Crippen LogP contribution in [0.5, 0.6) is 11.5 Å². The molecule has 8 heteroatoms. The smallest absolute Gasteiger partial charge is 0.273 e. The molecule has 1 N–H and O–H groups in total. The Bertz CT molecular complexity index is 1080. The van der Waals surface area contributed by atoms with E-state index < -0.39 is 14.9 Å². The van der Waals surface area contributed by atoms with Crippen LogP contribution in [-0.4, -0.2) is 13.3 Å². The van der Waals surface area contributed by atoms with Crippen molar-refractivity contribution < 1.29 is 18.1 Å². The van der Waals surface area contributed by atoms with Crippen LogP contribution in [0.15, 0.2) is 77.7 Å². The summed E-state index contributed by atoms with van der Waals surface area (Å²) in [4.78, 5) is 10.3. The molecule has 0 bridgehead atoms. The van der Waals surface area contributed by atoms with Crippen LogP contribution in [0, 0.1) is 17.0 Å². The summed E-state index contributed by atoms with van der Waals surface area (Å²) < 4.78 is 33.6. The van der Waals surface area contributed by atoms with Crippen LogP contribution in [0.1, 0.15) is 5.56 Å². The second-order valence-electron chi connectivity index (χ2n) is 5.72. The Morgan fingerprint density at radius 1 is 0.963 bits per heavy atom. The molecule has 0 fully saturated rings. The van der Waals surface area contributed by atoms with Crippen LogP contribution in [0.4, 0.5) is 11.4 Å². The summed E-state index contributed by atoms with van der Waals surface area (Å²) in [6, 6.07) is 19.2. The Hall–Kier alpha value is -3.39. The number of hydrogen-bond donors (Lipinski definition) is 1. The third-order valence-corrected chi connectivity index (χ3v) is 5.15. The zero-order chi connectivity index (χ0) is 19.4. The highest BCUT2D eigenvalue weighted by atomic mass is 32.2. The van der Waals surface area contributed by atoms with Gasteiger partial charge in [-0.1, -0.05) is 36.4 Å². The number of sulfonamides is 1. The lowest BCUT2D eigenvalue weighted by Gasteiger charge is -2.13. The first-order valence-corrected chi connectivity index (χ1v) is 9.45. The summed E-state index contributed by atoms with van der Waals surface area (Å²) >= 11 is 0. The van der Waals surface area contributed by atoms with Crippen LogP contribution in [0.2, 0.25) is 0 Å². The first-order valence-electron chi connectivity index (χ1n) is 7.96. The summed E-state index contributed by atoms with van der Waals surface area (Å²) in [6.07, 6.45) is 0. The molecular weight excluding hydrogens is 368 g/mol. The van der Waals surface area contributed by atoms with Crippen molar-refractivity contribution in [1.82, 2.24) is 0 Å². The zero-order valence-corrected chi connectivity index (χ0v) is 15.1. The van der Waals surface area contributed by atoms with Gasteiger partial charge in [0.2, 0.25) is 0 Å². The number of aryl methyl sites for hydroxylation is 1. The Morgan fingerprint density at radius 3 is 2.33 bits per heavy atom. The molecule has 3 aromatic carbocycles. The van der Waals surface area contributed by atoms with Gasteiger partial charge in [-0.15, -0.1) is 0 Å². The monoisotopic (exact) mass is 384 g/mol. The molecule has 0 heterocycles. The summed E-state index contributed by atoms with van der Waals surface area (Å²) in [5, 5.41) is 11.1. The SMILES string of the molecule is Cc1ccc(S(=O)(=O)Nc2ccccc2Oc2ccccc2)cc1[N+](=O)[O-]. The van der Waals surface area contributed by atoms with Gasteiger partial charge < -0.3 is 4.74 Å². The van der Waals surface area contributed by atoms with E-state index in [2.05, 4.69) is 4.72 Å². The van der Waals surface area contributed by atoms with E-state index in [4.69, 9.17) is 4.74 Å². The van der Waals surface area contributed by atoms with Crippen molar-refractivity contribution in [3.05, 3.63) is 88.5 Å². The van der Waals surface area contributed by atoms with Crippen molar-refractivity contribution in [2.45, 2.75) is 11.8 Å². The first-order chi connectivity index (χ1) is 12.9. The van der Waals surface area contributed by atoms with Crippen molar-refractivity contribution in [3.63, 3.8) is 0 Å². The van der Waals surface area contributed by atoms with E-state index >= 15 is 0 Å². The second kappa shape index (κ2) is 7.46. The van der Waals surface area contributed by atoms with E-state index in [-0.39, 0.29) is 16.3 Å². The fraction of sp³-hybridized carbons (Fsp3) is 0.0526. The van der Waals surface area contributed by atoms with Crippen molar-refractivity contribution in [2.75, 3.05) is 4.72 Å². The molecule has 0 amide bonds. The highest BCUT2D eigenvalue weighted by Gasteiger charge is 2.21. The standard InChI is InChI=1S/C19H16N2O5S/c1-14-11-12-16(13-18(14)21(22)23)27(24,25)20-17-9-5-6-10-19(17)26-15-7-3-2-4-8-15/h2-13,20H,1H3. The van der Waals surface area contributed by atoms with E-state index in [1.165, 1.54) is 12.1 Å². The van der Waals surface area contributed by atoms with Gasteiger partial charge in [0, 0.05) is 11.6 Å². The van der Waals surface area contributed by atoms with Crippen molar-refractivity contribution in [3.8, 4) is 11.5 Å². The molecule has 3 aromatic rings. The lowest BCUT2D eigenvalue weighted by atomic mass is 10.2. The van der Waals surface area contributed by atoms with Crippen molar-refractivity contribution in [2.24, 2.45) is 0 Å². The number of hydrogen-bond acceptors (Lipinski definition) is 5. The van der Waals surface area contributed by atoms with E-state index in [1.807, 2.05) is 6.07 Å². The van der Waals surface area contributed by atoms with Gasteiger partial charge in [-0.25, -0.2) is 8.42 Å². The topological polar surface area (TPSA) is 98.5 Å². The normalized spacial score (nSPS) is 11.0. The van der Waals surface area contributed by atoms with Gasteiger partial charge in [0.1, 0.15) is 5.75 Å². The van der Waals surface area contributed by atoms with Gasteiger partial charge in [0.25, 0.3) is 15.7 Å². The van der Waals surface area contributed by atoms with Gasteiger partial charge in [0.05, 0.1) is 15.5 Å². The number of ether oxygens (including phenoxy) is 1. The average Bonchev–Trinajstić information content (AvgIpc) is 2.64. The van der Waals surface area contributed by atoms with Gasteiger partial charge in [-0.05, 0) is 37.3 Å². The van der Waals surface area contributed by atoms with Gasteiger partial charge in [-0.2, -0.15) is 0 Å². The van der Waals surface area contributed by atoms with Gasteiger partial charge in [-0.3, -0.25) is 14.8 Å². The number of anilines is 1. The number of rotatable bonds is 6. The molecule has 0 aromatic heterocycles. The zero-order valence-electron chi connectivity index (χ0n) is 14.3. The van der Waals surface area contributed by atoms with E-state index in [9.17, 15) is 18.5 Å². The maximum Gasteiger partial charge on any atom is 0.273 e. The maximum atomic E-state index is 12.7. The number of nitrogens with zero attached hydrogens (tertiary/aromatic N) is 1. The molecule has 0 saturated carbocycles. The highest BCUT2D eigenvalue weighted by molar-refractivity contribution is 7.92. The molecule has 7 nitrogen and oxygen atoms in total. The Kier molecular flexibility index (Phi) is 5.09. The second-order valence-corrected chi connectivity index (χ2v) is 7.40. The van der Waals surface area contributed by atoms with Gasteiger partial charge in [0.15, 0.2) is 5.75 Å². The van der Waals surface area contributed by atoms with Crippen molar-refractivity contribution in [1.29, 1.82) is 0 Å². The third-order valence-electron chi connectivity index (χ3n) is 3.79. The molecular formula is C19H16N2O5S. The molecule has 0 saturated heterocycles. The molecule has 0 radical (unpaired) electrons. The molecule has 0 spiro atoms. The number of nitro benzene ring substituents is 1. The van der Waals surface area contributed by atoms with E-state index in [1.54, 1.807) is 55.5 Å². The number of para-hydroxylation sites is 3. The molecule has 27 heavy (non-hydrogen) atoms. The molecule has 138 valence electrons. The Balaban J connectivity index is 1.93. The fourth-order valence-corrected chi connectivity index (χ4v) is 3.50. The number of nitrogens with one attached hydrogen (secondary N) is 1. The third kappa shape index (κ3) is 4.24. The minimum atomic E-state index is -4.04. The minimum Gasteiger partial charge on any atom is -0.455 e. The van der Waals surface area contributed by atoms with Crippen LogP contribution < -0.4 is 9.46 Å². The largest absolute Gasteiger partial charge is 0.455 e. The van der Waals surface area contributed by atoms with Crippen LogP contribution in [-0.2, 0) is 10.0 Å². The molecule has 0 aliphatic rings. The molecule has 0 aliphatic carbocycles. The fourth-order valence-electron chi connectivity index (χ4n) is 2.41. The molecule has 3 rings (SSSR count). The predicted octanol–water partition coefficient (Wildman–Crippen LogP) is 4.50. The van der Waals surface area contributed by atoms with Crippen LogP contribution in [0.3, 0.4) is 0 Å². The molecule has 0 unspecified atom stereocenters. The van der Waals surface area contributed by atoms with Crippen LogP contribution in [0.25, 0.3) is 0 Å². The number of nitro groups is 1. The Morgan fingerprint density at radius 2 is 1.63 bits per heavy atom. The van der Waals surface area contributed by atoms with Gasteiger partial charge >= 0.3 is 0 Å². The molecule has 0 aliphatic heterocycles. The summed E-state index contributed by atoms with van der Waals surface area (Å²) in [5.74, 6) is 0.865. The first kappa shape index (κ1) is 18.4. The maximum absolute atomic E-state index is 12.7. The number of benzene rings is 3. The van der Waals surface area contributed by atoms with Crippen molar-refractivity contribution >= 4 is 21.4 Å². The quantitative estimate of drug-likeness (QED) is 0.498. The lowest BCUT2D eigenvalue weighted by Crippen LogP contribution is -2.14. The highest BCUT2D eigenvalue weighted by Crippen LogP contribution is 2.31. The summed E-state index contributed by atoms with van der Waals surface area (Å²) in [7, 11) is -4.04. The van der Waals surface area contributed by atoms with Crippen LogP contribution >= 0.6 is 0 Å². The summed E-state index contributed by atoms with van der Waals surface area (Å²) in [6.45, 7) is 1.55. The minimum absolute atomic E-state index is 0.200. The lowest BCUT2D eigenvalue weighted by molar-refractivity contribution is -0.385. The average molecular weight is 384 g/mol. The van der Waals surface area contributed by atoms with E-state index in [0.29, 0.717) is 17.1 Å². The van der Waals surface area contributed by atoms with E-state index in [0.717, 1.165) is 6.07 Å². The Labute approximate surface area is 156 Å².